The smallest absolute Gasteiger partial charge is 0.229 e. The number of hydrogen-bond acceptors (Lipinski definition) is 6. The molecule has 0 aromatic carbocycles. The van der Waals surface area contributed by atoms with E-state index in [4.69, 9.17) is 0 Å². The van der Waals surface area contributed by atoms with Crippen molar-refractivity contribution >= 4 is 17.5 Å². The molecule has 7 nitrogen and oxygen atoms in total. The van der Waals surface area contributed by atoms with E-state index in [0.29, 0.717) is 5.95 Å². The third-order valence-electron chi connectivity index (χ3n) is 3.75. The molecule has 1 aliphatic rings. The quantitative estimate of drug-likeness (QED) is 0.791. The lowest BCUT2D eigenvalue weighted by atomic mass is 9.91. The lowest BCUT2D eigenvalue weighted by molar-refractivity contribution is 0.364. The molecule has 0 amide bonds. The molecule has 1 fully saturated rings. The van der Waals surface area contributed by atoms with Crippen molar-refractivity contribution in [1.29, 1.82) is 0 Å². The topological polar surface area (TPSA) is 79.7 Å². The van der Waals surface area contributed by atoms with E-state index in [1.54, 1.807) is 17.1 Å². The summed E-state index contributed by atoms with van der Waals surface area (Å²) in [6.07, 6.45) is 7.57. The predicted molar refractivity (Wildman–Crippen MR) is 82.7 cm³/mol. The number of piperidine rings is 1. The molecule has 0 saturated carbocycles. The van der Waals surface area contributed by atoms with Gasteiger partial charge >= 0.3 is 0 Å². The van der Waals surface area contributed by atoms with Crippen molar-refractivity contribution in [3.63, 3.8) is 0 Å². The summed E-state index contributed by atoms with van der Waals surface area (Å²) in [6.45, 7) is 4.31. The van der Waals surface area contributed by atoms with Gasteiger partial charge in [0.1, 0.15) is 5.82 Å². The maximum atomic E-state index is 4.53. The Morgan fingerprint density at radius 3 is 2.86 bits per heavy atom. The van der Waals surface area contributed by atoms with Crippen molar-refractivity contribution in [3.05, 3.63) is 24.7 Å². The fraction of sp³-hybridized carbons (Fsp3) is 0.500. The van der Waals surface area contributed by atoms with Gasteiger partial charge in [-0.1, -0.05) is 0 Å². The Labute approximate surface area is 124 Å². The van der Waals surface area contributed by atoms with E-state index < -0.39 is 0 Å². The molecule has 0 radical (unpaired) electrons. The van der Waals surface area contributed by atoms with Gasteiger partial charge in [-0.2, -0.15) is 10.1 Å². The minimum Gasteiger partial charge on any atom is -0.365 e. The van der Waals surface area contributed by atoms with Crippen LogP contribution in [0.3, 0.4) is 0 Å². The Bertz CT molecular complexity index is 601. The minimum atomic E-state index is 0.0885. The number of aromatic nitrogens is 4. The third kappa shape index (κ3) is 3.49. The van der Waals surface area contributed by atoms with E-state index in [1.165, 1.54) is 0 Å². The van der Waals surface area contributed by atoms with Crippen LogP contribution in [-0.4, -0.2) is 38.4 Å². The molecule has 1 saturated heterocycles. The fourth-order valence-corrected chi connectivity index (χ4v) is 2.52. The molecular formula is C14H21N7. The lowest BCUT2D eigenvalue weighted by Crippen LogP contribution is -2.45. The molecule has 0 bridgehead atoms. The normalized spacial score (nSPS) is 17.4. The first-order valence-electron chi connectivity index (χ1n) is 7.21. The van der Waals surface area contributed by atoms with Crippen molar-refractivity contribution in [3.8, 4) is 0 Å². The standard InChI is InChI=1S/C14H21N7/c1-14(4-7-15-8-5-14)20-12-3-6-16-13(19-12)18-11-9-17-21(2)10-11/h3,6,9-10,15H,4-5,7-8H2,1-2H3,(H2,16,18,19,20). The molecule has 1 aliphatic heterocycles. The van der Waals surface area contributed by atoms with Crippen LogP contribution in [0.1, 0.15) is 19.8 Å². The molecule has 3 heterocycles. The van der Waals surface area contributed by atoms with Crippen LogP contribution < -0.4 is 16.0 Å². The molecule has 21 heavy (non-hydrogen) atoms. The zero-order chi connectivity index (χ0) is 14.7. The summed E-state index contributed by atoms with van der Waals surface area (Å²) >= 11 is 0. The summed E-state index contributed by atoms with van der Waals surface area (Å²) in [5, 5.41) is 14.2. The van der Waals surface area contributed by atoms with E-state index in [-0.39, 0.29) is 5.54 Å². The highest BCUT2D eigenvalue weighted by Gasteiger charge is 2.26. The molecule has 2 aromatic rings. The van der Waals surface area contributed by atoms with Crippen LogP contribution in [0.2, 0.25) is 0 Å². The van der Waals surface area contributed by atoms with Crippen molar-refractivity contribution in [2.75, 3.05) is 23.7 Å². The van der Waals surface area contributed by atoms with Gasteiger partial charge in [0.15, 0.2) is 0 Å². The fourth-order valence-electron chi connectivity index (χ4n) is 2.52. The van der Waals surface area contributed by atoms with Gasteiger partial charge in [-0.15, -0.1) is 0 Å². The maximum absolute atomic E-state index is 4.53. The molecule has 2 aromatic heterocycles. The maximum Gasteiger partial charge on any atom is 0.229 e. The minimum absolute atomic E-state index is 0.0885. The molecule has 0 atom stereocenters. The molecule has 0 unspecified atom stereocenters. The van der Waals surface area contributed by atoms with E-state index in [9.17, 15) is 0 Å². The van der Waals surface area contributed by atoms with Crippen molar-refractivity contribution in [1.82, 2.24) is 25.1 Å². The Morgan fingerprint density at radius 2 is 2.14 bits per heavy atom. The summed E-state index contributed by atoms with van der Waals surface area (Å²) in [5.74, 6) is 1.42. The average molecular weight is 287 g/mol. The number of rotatable bonds is 4. The average Bonchev–Trinajstić information content (AvgIpc) is 2.85. The summed E-state index contributed by atoms with van der Waals surface area (Å²) in [5.41, 5.74) is 0.966. The number of anilines is 3. The summed E-state index contributed by atoms with van der Waals surface area (Å²) in [4.78, 5) is 8.77. The van der Waals surface area contributed by atoms with Crippen LogP contribution >= 0.6 is 0 Å². The first-order valence-corrected chi connectivity index (χ1v) is 7.21. The zero-order valence-electron chi connectivity index (χ0n) is 12.4. The summed E-state index contributed by atoms with van der Waals surface area (Å²) < 4.78 is 1.74. The van der Waals surface area contributed by atoms with Crippen LogP contribution in [-0.2, 0) is 7.05 Å². The second-order valence-corrected chi connectivity index (χ2v) is 5.73. The molecule has 3 rings (SSSR count). The van der Waals surface area contributed by atoms with Gasteiger partial charge in [-0.05, 0) is 38.9 Å². The molecular weight excluding hydrogens is 266 g/mol. The van der Waals surface area contributed by atoms with Gasteiger partial charge < -0.3 is 16.0 Å². The second kappa shape index (κ2) is 5.69. The Balaban J connectivity index is 1.70. The van der Waals surface area contributed by atoms with Crippen molar-refractivity contribution in [2.24, 2.45) is 7.05 Å². The lowest BCUT2D eigenvalue weighted by Gasteiger charge is -2.35. The second-order valence-electron chi connectivity index (χ2n) is 5.73. The SMILES string of the molecule is Cn1cc(Nc2nccc(NC3(C)CCNCC3)n2)cn1. The monoisotopic (exact) mass is 287 g/mol. The van der Waals surface area contributed by atoms with Crippen LogP contribution in [0.25, 0.3) is 0 Å². The van der Waals surface area contributed by atoms with Crippen LogP contribution in [0.5, 0.6) is 0 Å². The number of hydrogen-bond donors (Lipinski definition) is 3. The van der Waals surface area contributed by atoms with Gasteiger partial charge in [0.25, 0.3) is 0 Å². The molecule has 0 aliphatic carbocycles. The van der Waals surface area contributed by atoms with Gasteiger partial charge in [0, 0.05) is 25.0 Å². The molecule has 112 valence electrons. The molecule has 3 N–H and O–H groups in total. The van der Waals surface area contributed by atoms with Crippen LogP contribution in [0, 0.1) is 0 Å². The highest BCUT2D eigenvalue weighted by atomic mass is 15.3. The van der Waals surface area contributed by atoms with Crippen molar-refractivity contribution in [2.45, 2.75) is 25.3 Å². The molecule has 7 heteroatoms. The van der Waals surface area contributed by atoms with Gasteiger partial charge in [0.05, 0.1) is 11.9 Å². The summed E-state index contributed by atoms with van der Waals surface area (Å²) in [7, 11) is 1.88. The van der Waals surface area contributed by atoms with E-state index in [2.05, 4.69) is 37.9 Å². The van der Waals surface area contributed by atoms with Crippen LogP contribution in [0.15, 0.2) is 24.7 Å². The Kier molecular flexibility index (Phi) is 3.74. The van der Waals surface area contributed by atoms with E-state index >= 15 is 0 Å². The predicted octanol–water partition coefficient (Wildman–Crippen LogP) is 1.51. The Morgan fingerprint density at radius 1 is 1.33 bits per heavy atom. The summed E-state index contributed by atoms with van der Waals surface area (Å²) in [6, 6.07) is 1.90. The highest BCUT2D eigenvalue weighted by Crippen LogP contribution is 2.23. The highest BCUT2D eigenvalue weighted by molar-refractivity contribution is 5.52. The zero-order valence-corrected chi connectivity index (χ0v) is 12.4. The number of nitrogens with one attached hydrogen (secondary N) is 3. The molecule has 0 spiro atoms. The third-order valence-corrected chi connectivity index (χ3v) is 3.75. The van der Waals surface area contributed by atoms with E-state index in [0.717, 1.165) is 37.4 Å². The van der Waals surface area contributed by atoms with Gasteiger partial charge in [0.2, 0.25) is 5.95 Å². The first kappa shape index (κ1) is 13.8. The number of aryl methyl sites for hydroxylation is 1. The number of nitrogens with zero attached hydrogens (tertiary/aromatic N) is 4. The Hall–Kier alpha value is -2.15. The van der Waals surface area contributed by atoms with Gasteiger partial charge in [-0.25, -0.2) is 4.98 Å². The first-order chi connectivity index (χ1) is 10.1. The largest absolute Gasteiger partial charge is 0.365 e. The van der Waals surface area contributed by atoms with Crippen molar-refractivity contribution < 1.29 is 0 Å². The van der Waals surface area contributed by atoms with E-state index in [1.807, 2.05) is 19.3 Å². The van der Waals surface area contributed by atoms with Crippen LogP contribution in [0.4, 0.5) is 17.5 Å². The van der Waals surface area contributed by atoms with Gasteiger partial charge in [-0.3, -0.25) is 4.68 Å².